The van der Waals surface area contributed by atoms with E-state index in [-0.39, 0.29) is 76.4 Å². The number of hydrogen-bond acceptors (Lipinski definition) is 10. The Labute approximate surface area is 718 Å². The standard InChI is InChI=1S/C13H24O2.2C12H22O2.C11H18O2.C11H20O2.C10H16F2O2.C10H18O3.C10H18O2.C9H16O2/c1-10(2)13(9-11(14)15)7-5-12(3,4)6-8-13;1-9(2)12(10(13)14)7-5-11(3,4)6-8-12;1-10(2)12(9-6-11(13)14)7-4-3-5-8-12;1-7(2)11(10(12)13)6-8-3-4-9(11)5-8;1-9(2)11(8-10(12)13)6-4-3-5-7-11;1-7(2)9(8(13)14)3-5-10(11,12)6-4-9;1-8(2)10(7-9(11)12)3-5-13-6-4-10;1-8(2)10(7-9(11)12)5-3-4-6-10;1-7(2)9(4-3-5-9)6-8(10)11/h10H,5-9H2,1-4H3,(H,14,15);9H,5-8H2,1-4H3,(H,13,14);10H,3-9H2,1-2H3,(H,13,14);7-9H,3-6H2,1-2H3,(H,12,13);9H,3-8H2,1-2H3,(H,12,13);7H,3-6H2,1-2H3,(H,13,14);8H,3-7H2,1-2H3,(H,11,12);8H,3-7H2,1-2H3,(H,11,12);7H,3-6H2,1-2H3,(H,10,11). The van der Waals surface area contributed by atoms with Crippen LogP contribution in [0.2, 0.25) is 0 Å². The van der Waals surface area contributed by atoms with Crippen LogP contribution < -0.4 is 0 Å². The number of aliphatic carboxylic acids is 9. The van der Waals surface area contributed by atoms with Crippen LogP contribution >= 0.6 is 0 Å². The van der Waals surface area contributed by atoms with Gasteiger partial charge in [-0.2, -0.15) is 0 Å². The predicted molar refractivity (Wildman–Crippen MR) is 468 cm³/mol. The lowest BCUT2D eigenvalue weighted by Gasteiger charge is -2.45. The first-order valence-corrected chi connectivity index (χ1v) is 46.7. The summed E-state index contributed by atoms with van der Waals surface area (Å²) < 4.78 is 31.0. The molecule has 10 aliphatic rings. The fraction of sp³-hybridized carbons (Fsp3) is 0.908. The smallest absolute Gasteiger partial charge is 0.310 e. The van der Waals surface area contributed by atoms with E-state index < -0.39 is 70.5 Å². The van der Waals surface area contributed by atoms with Gasteiger partial charge in [-0.05, 0) is 263 Å². The molecule has 1 aliphatic heterocycles. The third-order valence-electron chi connectivity index (χ3n) is 33.2. The molecule has 1 saturated heterocycles. The molecule has 3 atom stereocenters. The lowest BCUT2D eigenvalue weighted by Crippen LogP contribution is -2.42. The molecule has 0 aromatic carbocycles. The van der Waals surface area contributed by atoms with Crippen molar-refractivity contribution in [2.24, 2.45) is 125 Å². The predicted octanol–water partition coefficient (Wildman–Crippen LogP) is 25.9. The topological polar surface area (TPSA) is 345 Å². The van der Waals surface area contributed by atoms with Crippen molar-refractivity contribution in [2.75, 3.05) is 13.2 Å². The number of halogens is 2. The van der Waals surface area contributed by atoms with Crippen LogP contribution in [0.5, 0.6) is 0 Å². The maximum atomic E-state index is 12.9. The van der Waals surface area contributed by atoms with Gasteiger partial charge in [0.15, 0.2) is 0 Å². The summed E-state index contributed by atoms with van der Waals surface area (Å²) in [5.41, 5.74) is -0.269. The fourth-order valence-corrected chi connectivity index (χ4v) is 22.3. The van der Waals surface area contributed by atoms with Crippen molar-refractivity contribution in [3.8, 4) is 0 Å². The Bertz CT molecular complexity index is 2990. The number of ether oxygens (including phenoxy) is 1. The summed E-state index contributed by atoms with van der Waals surface area (Å²) in [5.74, 6) is -3.90. The van der Waals surface area contributed by atoms with Gasteiger partial charge in [-0.25, -0.2) is 8.78 Å². The van der Waals surface area contributed by atoms with Crippen molar-refractivity contribution in [1.82, 2.24) is 0 Å². The number of carboxylic acids is 9. The van der Waals surface area contributed by atoms with Crippen LogP contribution in [0.15, 0.2) is 0 Å². The largest absolute Gasteiger partial charge is 0.481 e. The summed E-state index contributed by atoms with van der Waals surface area (Å²) in [6, 6.07) is 0. The fourth-order valence-electron chi connectivity index (χ4n) is 22.3. The second kappa shape index (κ2) is 47.9. The molecule has 1 heterocycles. The maximum Gasteiger partial charge on any atom is 0.310 e. The zero-order valence-electron chi connectivity index (χ0n) is 78.8. The molecule has 0 spiro atoms. The number of fused-ring (bicyclic) bond motifs is 2. The quantitative estimate of drug-likeness (QED) is 0.0410. The first-order valence-electron chi connectivity index (χ1n) is 46.7. The van der Waals surface area contributed by atoms with Crippen LogP contribution in [0.1, 0.15) is 422 Å². The van der Waals surface area contributed by atoms with Crippen molar-refractivity contribution in [3.63, 3.8) is 0 Å². The van der Waals surface area contributed by atoms with Crippen molar-refractivity contribution in [3.05, 3.63) is 0 Å². The molecule has 19 nitrogen and oxygen atoms in total. The maximum absolute atomic E-state index is 12.9. The Balaban J connectivity index is 0.000000454. The summed E-state index contributed by atoms with van der Waals surface area (Å²) >= 11 is 0. The Morgan fingerprint density at radius 2 is 0.580 bits per heavy atom. The molecular weight excluding hydrogens is 1520 g/mol. The zero-order valence-corrected chi connectivity index (χ0v) is 78.8. The highest BCUT2D eigenvalue weighted by Crippen LogP contribution is 2.60. The van der Waals surface area contributed by atoms with Gasteiger partial charge in [0, 0.05) is 32.5 Å². The van der Waals surface area contributed by atoms with Gasteiger partial charge in [-0.1, -0.05) is 217 Å². The molecule has 9 aliphatic carbocycles. The zero-order chi connectivity index (χ0) is 91.4. The summed E-state index contributed by atoms with van der Waals surface area (Å²) in [6.07, 6.45) is 37.5. The van der Waals surface area contributed by atoms with E-state index in [1.54, 1.807) is 13.8 Å². The highest BCUT2D eigenvalue weighted by Gasteiger charge is 2.58. The van der Waals surface area contributed by atoms with Gasteiger partial charge in [0.05, 0.1) is 48.3 Å². The molecular formula is C98H174F2O19. The monoisotopic (exact) mass is 1690 g/mol. The van der Waals surface area contributed by atoms with Crippen molar-refractivity contribution >= 4 is 53.7 Å². The van der Waals surface area contributed by atoms with Crippen molar-refractivity contribution in [2.45, 2.75) is 428 Å². The van der Waals surface area contributed by atoms with Crippen LogP contribution in [-0.4, -0.2) is 119 Å². The first-order chi connectivity index (χ1) is 54.8. The lowest BCUT2D eigenvalue weighted by molar-refractivity contribution is -0.161. The molecule has 119 heavy (non-hydrogen) atoms. The Morgan fingerprint density at radius 1 is 0.303 bits per heavy atom. The van der Waals surface area contributed by atoms with E-state index in [9.17, 15) is 62.1 Å². The summed E-state index contributed by atoms with van der Waals surface area (Å²) in [4.78, 5) is 98.0. The van der Waals surface area contributed by atoms with E-state index in [1.165, 1.54) is 96.3 Å². The molecule has 694 valence electrons. The van der Waals surface area contributed by atoms with E-state index in [4.69, 9.17) is 40.5 Å². The number of carbonyl (C=O) groups is 9. The van der Waals surface area contributed by atoms with Crippen LogP contribution in [0, 0.1) is 125 Å². The van der Waals surface area contributed by atoms with Gasteiger partial charge in [-0.3, -0.25) is 43.2 Å². The number of carboxylic acid groups (broad SMARTS) is 9. The average Bonchev–Trinajstić information content (AvgIpc) is 1.59. The molecule has 9 saturated carbocycles. The summed E-state index contributed by atoms with van der Waals surface area (Å²) in [6.45, 7) is 48.2. The van der Waals surface area contributed by atoms with E-state index in [0.29, 0.717) is 115 Å². The minimum absolute atomic E-state index is 0.0237. The minimum atomic E-state index is -2.66. The van der Waals surface area contributed by atoms with E-state index in [2.05, 4.69) is 125 Å². The van der Waals surface area contributed by atoms with Crippen LogP contribution in [0.25, 0.3) is 0 Å². The Morgan fingerprint density at radius 3 is 0.807 bits per heavy atom. The van der Waals surface area contributed by atoms with E-state index >= 15 is 0 Å². The lowest BCUT2D eigenvalue weighted by atomic mass is 9.59. The molecule has 21 heteroatoms. The van der Waals surface area contributed by atoms with Gasteiger partial charge in [0.25, 0.3) is 0 Å². The first kappa shape index (κ1) is 110. The minimum Gasteiger partial charge on any atom is -0.481 e. The van der Waals surface area contributed by atoms with Gasteiger partial charge >= 0.3 is 53.7 Å². The highest BCUT2D eigenvalue weighted by atomic mass is 19.3. The molecule has 3 unspecified atom stereocenters. The van der Waals surface area contributed by atoms with Crippen molar-refractivity contribution in [1.29, 1.82) is 0 Å². The molecule has 10 rings (SSSR count). The van der Waals surface area contributed by atoms with E-state index in [1.807, 2.05) is 13.8 Å². The van der Waals surface area contributed by atoms with E-state index in [0.717, 1.165) is 109 Å². The second-order valence-electron chi connectivity index (χ2n) is 43.6. The second-order valence-corrected chi connectivity index (χ2v) is 43.6. The SMILES string of the molecule is CC(C)C1(C(=O)O)CC2CCC1C2.CC(C)C1(C(=O)O)CCC(C)(C)CC1.CC(C)C1(C(=O)O)CCC(F)(F)CC1.CC(C)C1(CC(=O)O)CCC(C)(C)CC1.CC(C)C1(CC(=O)O)CCC1.CC(C)C1(CC(=O)O)CCCC1.CC(C)C1(CC(=O)O)CCCCC1.CC(C)C1(CC(=O)O)CCOCC1.CC(C)C1(CCC(=O)O)CCCCC1. The summed E-state index contributed by atoms with van der Waals surface area (Å²) in [5, 5.41) is 80.7. The highest BCUT2D eigenvalue weighted by molar-refractivity contribution is 5.77. The molecule has 10 fully saturated rings. The normalized spacial score (nSPS) is 25.0. The molecule has 2 bridgehead atoms. The third-order valence-corrected chi connectivity index (χ3v) is 33.2. The van der Waals surface area contributed by atoms with Gasteiger partial charge in [-0.15, -0.1) is 0 Å². The molecule has 0 aromatic rings. The average molecular weight is 1690 g/mol. The Hall–Kier alpha value is -4.95. The third kappa shape index (κ3) is 32.5. The van der Waals surface area contributed by atoms with Crippen LogP contribution in [0.4, 0.5) is 8.78 Å². The molecule has 0 amide bonds. The van der Waals surface area contributed by atoms with Crippen LogP contribution in [0.3, 0.4) is 0 Å². The summed E-state index contributed by atoms with van der Waals surface area (Å²) in [7, 11) is 0. The van der Waals surface area contributed by atoms with Gasteiger partial charge < -0.3 is 50.7 Å². The van der Waals surface area contributed by atoms with Gasteiger partial charge in [0.2, 0.25) is 5.92 Å². The molecule has 0 aromatic heterocycles. The molecule has 0 radical (unpaired) electrons. The van der Waals surface area contributed by atoms with Crippen LogP contribution in [-0.2, 0) is 47.9 Å². The van der Waals surface area contributed by atoms with Crippen molar-refractivity contribution < 1.29 is 103 Å². The Kier molecular flexibility index (Phi) is 44.4. The number of alkyl halides is 2. The molecule has 9 N–H and O–H groups in total. The van der Waals surface area contributed by atoms with Gasteiger partial charge in [0.1, 0.15) is 0 Å². The number of rotatable bonds is 25. The number of hydrogen-bond donors (Lipinski definition) is 9.